The number of aromatic hydroxyl groups is 1. The lowest BCUT2D eigenvalue weighted by molar-refractivity contribution is 0.282. The summed E-state index contributed by atoms with van der Waals surface area (Å²) >= 11 is 3.44. The molecule has 0 aliphatic carbocycles. The molecule has 0 aliphatic rings. The topological polar surface area (TPSA) is 52.5 Å². The van der Waals surface area contributed by atoms with Crippen LogP contribution in [0.25, 0.3) is 0 Å². The van der Waals surface area contributed by atoms with Gasteiger partial charge in [0.1, 0.15) is 5.75 Å². The van der Waals surface area contributed by atoms with Crippen LogP contribution in [-0.4, -0.2) is 10.2 Å². The summed E-state index contributed by atoms with van der Waals surface area (Å²) in [5, 5.41) is 21.7. The second-order valence-corrected chi connectivity index (χ2v) is 4.84. The Kier molecular flexibility index (Phi) is 4.23. The molecular weight excluding hydrogens is 294 g/mol. The Morgan fingerprint density at radius 1 is 1.11 bits per heavy atom. The molecule has 0 amide bonds. The van der Waals surface area contributed by atoms with Crippen LogP contribution in [0.2, 0.25) is 0 Å². The van der Waals surface area contributed by atoms with Gasteiger partial charge in [-0.1, -0.05) is 28.1 Å². The third-order valence-electron chi connectivity index (χ3n) is 2.62. The van der Waals surface area contributed by atoms with Gasteiger partial charge in [0.05, 0.1) is 6.61 Å². The number of hydrogen-bond donors (Lipinski definition) is 3. The van der Waals surface area contributed by atoms with E-state index in [1.807, 2.05) is 30.3 Å². The standard InChI is InChI=1S/C14H14BrNO2/c15-14-5-4-13(18)7-11(14)8-16-12-3-1-2-10(6-12)9-17/h1-7,16-18H,8-9H2. The number of phenolic OH excluding ortho intramolecular Hbond substituents is 1. The average Bonchev–Trinajstić information content (AvgIpc) is 2.40. The van der Waals surface area contributed by atoms with Gasteiger partial charge in [0.15, 0.2) is 0 Å². The Hall–Kier alpha value is -1.52. The van der Waals surface area contributed by atoms with Gasteiger partial charge in [-0.15, -0.1) is 0 Å². The quantitative estimate of drug-likeness (QED) is 0.812. The summed E-state index contributed by atoms with van der Waals surface area (Å²) < 4.78 is 0.950. The molecule has 4 heteroatoms. The lowest BCUT2D eigenvalue weighted by atomic mass is 10.2. The van der Waals surface area contributed by atoms with Crippen LogP contribution in [-0.2, 0) is 13.2 Å². The zero-order chi connectivity index (χ0) is 13.0. The van der Waals surface area contributed by atoms with E-state index in [0.717, 1.165) is 21.3 Å². The molecule has 3 nitrogen and oxygen atoms in total. The van der Waals surface area contributed by atoms with Crippen LogP contribution in [0.3, 0.4) is 0 Å². The summed E-state index contributed by atoms with van der Waals surface area (Å²) in [7, 11) is 0. The van der Waals surface area contributed by atoms with Crippen LogP contribution >= 0.6 is 15.9 Å². The maximum absolute atomic E-state index is 9.44. The molecule has 0 saturated heterocycles. The second-order valence-electron chi connectivity index (χ2n) is 3.99. The van der Waals surface area contributed by atoms with Crippen LogP contribution in [0, 0.1) is 0 Å². The summed E-state index contributed by atoms with van der Waals surface area (Å²) in [5.74, 6) is 0.249. The van der Waals surface area contributed by atoms with Crippen molar-refractivity contribution in [3.05, 3.63) is 58.1 Å². The zero-order valence-electron chi connectivity index (χ0n) is 9.73. The maximum Gasteiger partial charge on any atom is 0.115 e. The minimum absolute atomic E-state index is 0.0331. The van der Waals surface area contributed by atoms with Crippen molar-refractivity contribution in [1.82, 2.24) is 0 Å². The SMILES string of the molecule is OCc1cccc(NCc2cc(O)ccc2Br)c1. The Balaban J connectivity index is 2.08. The number of rotatable bonds is 4. The molecule has 0 heterocycles. The van der Waals surface area contributed by atoms with E-state index in [1.165, 1.54) is 0 Å². The van der Waals surface area contributed by atoms with E-state index >= 15 is 0 Å². The summed E-state index contributed by atoms with van der Waals surface area (Å²) in [5.41, 5.74) is 2.79. The fraction of sp³-hybridized carbons (Fsp3) is 0.143. The predicted octanol–water partition coefficient (Wildman–Crippen LogP) is 3.26. The minimum Gasteiger partial charge on any atom is -0.508 e. The van der Waals surface area contributed by atoms with Crippen molar-refractivity contribution in [2.45, 2.75) is 13.2 Å². The number of aliphatic hydroxyl groups is 1. The molecule has 2 aromatic carbocycles. The summed E-state index contributed by atoms with van der Waals surface area (Å²) in [6.07, 6.45) is 0. The minimum atomic E-state index is 0.0331. The smallest absolute Gasteiger partial charge is 0.115 e. The van der Waals surface area contributed by atoms with Crippen molar-refractivity contribution in [2.75, 3.05) is 5.32 Å². The molecule has 0 aromatic heterocycles. The molecule has 0 radical (unpaired) electrons. The van der Waals surface area contributed by atoms with Gasteiger partial charge < -0.3 is 15.5 Å². The Morgan fingerprint density at radius 2 is 1.94 bits per heavy atom. The van der Waals surface area contributed by atoms with Crippen molar-refractivity contribution >= 4 is 21.6 Å². The summed E-state index contributed by atoms with van der Waals surface area (Å²) in [6, 6.07) is 12.8. The van der Waals surface area contributed by atoms with Crippen LogP contribution in [0.4, 0.5) is 5.69 Å². The van der Waals surface area contributed by atoms with Gasteiger partial charge in [-0.05, 0) is 41.5 Å². The molecule has 0 fully saturated rings. The van der Waals surface area contributed by atoms with E-state index in [1.54, 1.807) is 12.1 Å². The Bertz CT molecular complexity index is 543. The first kappa shape index (κ1) is 12.9. The van der Waals surface area contributed by atoms with Crippen molar-refractivity contribution in [1.29, 1.82) is 0 Å². The predicted molar refractivity (Wildman–Crippen MR) is 75.5 cm³/mol. The van der Waals surface area contributed by atoms with E-state index in [-0.39, 0.29) is 12.4 Å². The lowest BCUT2D eigenvalue weighted by Crippen LogP contribution is -2.00. The van der Waals surface area contributed by atoms with Gasteiger partial charge in [0, 0.05) is 16.7 Å². The largest absolute Gasteiger partial charge is 0.508 e. The van der Waals surface area contributed by atoms with Crippen molar-refractivity contribution < 1.29 is 10.2 Å². The molecule has 3 N–H and O–H groups in total. The third kappa shape index (κ3) is 3.24. The van der Waals surface area contributed by atoms with Gasteiger partial charge in [-0.25, -0.2) is 0 Å². The lowest BCUT2D eigenvalue weighted by Gasteiger charge is -2.09. The van der Waals surface area contributed by atoms with Gasteiger partial charge in [0.25, 0.3) is 0 Å². The molecule has 0 spiro atoms. The van der Waals surface area contributed by atoms with Crippen LogP contribution < -0.4 is 5.32 Å². The van der Waals surface area contributed by atoms with Crippen molar-refractivity contribution in [3.63, 3.8) is 0 Å². The normalized spacial score (nSPS) is 10.3. The summed E-state index contributed by atoms with van der Waals surface area (Å²) in [6.45, 7) is 0.634. The first-order valence-corrected chi connectivity index (χ1v) is 6.39. The highest BCUT2D eigenvalue weighted by Gasteiger charge is 2.01. The number of aliphatic hydroxyl groups excluding tert-OH is 1. The number of nitrogens with one attached hydrogen (secondary N) is 1. The van der Waals surface area contributed by atoms with Gasteiger partial charge in [-0.3, -0.25) is 0 Å². The Morgan fingerprint density at radius 3 is 2.72 bits per heavy atom. The van der Waals surface area contributed by atoms with E-state index in [2.05, 4.69) is 21.2 Å². The molecule has 0 unspecified atom stereocenters. The number of benzene rings is 2. The first-order valence-electron chi connectivity index (χ1n) is 5.60. The third-order valence-corrected chi connectivity index (χ3v) is 3.40. The highest BCUT2D eigenvalue weighted by Crippen LogP contribution is 2.23. The van der Waals surface area contributed by atoms with Crippen LogP contribution in [0.5, 0.6) is 5.75 Å². The molecule has 0 aliphatic heterocycles. The molecule has 0 atom stereocenters. The molecule has 0 saturated carbocycles. The molecule has 2 rings (SSSR count). The molecule has 94 valence electrons. The summed E-state index contributed by atoms with van der Waals surface area (Å²) in [4.78, 5) is 0. The van der Waals surface area contributed by atoms with E-state index in [0.29, 0.717) is 6.54 Å². The molecule has 0 bridgehead atoms. The fourth-order valence-corrected chi connectivity index (χ4v) is 2.06. The van der Waals surface area contributed by atoms with Gasteiger partial charge in [0.2, 0.25) is 0 Å². The van der Waals surface area contributed by atoms with Crippen LogP contribution in [0.1, 0.15) is 11.1 Å². The van der Waals surface area contributed by atoms with Crippen LogP contribution in [0.15, 0.2) is 46.9 Å². The number of halogens is 1. The molecule has 18 heavy (non-hydrogen) atoms. The highest BCUT2D eigenvalue weighted by molar-refractivity contribution is 9.10. The zero-order valence-corrected chi connectivity index (χ0v) is 11.3. The van der Waals surface area contributed by atoms with Gasteiger partial charge in [-0.2, -0.15) is 0 Å². The fourth-order valence-electron chi connectivity index (χ4n) is 1.67. The van der Waals surface area contributed by atoms with Gasteiger partial charge >= 0.3 is 0 Å². The highest BCUT2D eigenvalue weighted by atomic mass is 79.9. The van der Waals surface area contributed by atoms with E-state index < -0.39 is 0 Å². The van der Waals surface area contributed by atoms with E-state index in [4.69, 9.17) is 5.11 Å². The first-order chi connectivity index (χ1) is 8.69. The molecule has 2 aromatic rings. The molecular formula is C14H14BrNO2. The van der Waals surface area contributed by atoms with Crippen molar-refractivity contribution in [3.8, 4) is 5.75 Å². The average molecular weight is 308 g/mol. The van der Waals surface area contributed by atoms with Crippen molar-refractivity contribution in [2.24, 2.45) is 0 Å². The number of phenols is 1. The Labute approximate surface area is 114 Å². The maximum atomic E-state index is 9.44. The monoisotopic (exact) mass is 307 g/mol. The number of anilines is 1. The second kappa shape index (κ2) is 5.89. The van der Waals surface area contributed by atoms with E-state index in [9.17, 15) is 5.11 Å². The number of hydrogen-bond acceptors (Lipinski definition) is 3.